The summed E-state index contributed by atoms with van der Waals surface area (Å²) in [5.41, 5.74) is 0.0376. The van der Waals surface area contributed by atoms with Crippen molar-refractivity contribution >= 4 is 11.9 Å². The standard InChI is InChI=1S/C16H22N2O3/c1-12(13-6-5-9-17-11-13)18-14(19)10-16(15(20)21)7-3-2-4-8-16/h5-6,9,11-12H,2-4,7-8,10H2,1H3,(H,18,19)(H,20,21)/t12-/m0/s1. The summed E-state index contributed by atoms with van der Waals surface area (Å²) >= 11 is 0. The minimum absolute atomic E-state index is 0.0624. The second kappa shape index (κ2) is 6.70. The van der Waals surface area contributed by atoms with Crippen LogP contribution in [0.4, 0.5) is 0 Å². The molecule has 0 aliphatic heterocycles. The van der Waals surface area contributed by atoms with E-state index in [-0.39, 0.29) is 18.4 Å². The molecule has 0 unspecified atom stereocenters. The smallest absolute Gasteiger partial charge is 0.310 e. The zero-order chi connectivity index (χ0) is 15.3. The number of hydrogen-bond donors (Lipinski definition) is 2. The van der Waals surface area contributed by atoms with Crippen molar-refractivity contribution in [1.82, 2.24) is 10.3 Å². The van der Waals surface area contributed by atoms with Gasteiger partial charge in [0, 0.05) is 18.8 Å². The van der Waals surface area contributed by atoms with Gasteiger partial charge in [0.2, 0.25) is 5.91 Å². The van der Waals surface area contributed by atoms with Crippen LogP contribution < -0.4 is 5.32 Å². The molecule has 0 radical (unpaired) electrons. The first-order chi connectivity index (χ1) is 10.0. The predicted octanol–water partition coefficient (Wildman–Crippen LogP) is 2.68. The molecule has 1 aliphatic carbocycles. The van der Waals surface area contributed by atoms with Gasteiger partial charge in [-0.2, -0.15) is 0 Å². The van der Waals surface area contributed by atoms with Crippen molar-refractivity contribution in [3.05, 3.63) is 30.1 Å². The van der Waals surface area contributed by atoms with Crippen LogP contribution in [-0.2, 0) is 9.59 Å². The summed E-state index contributed by atoms with van der Waals surface area (Å²) in [6.07, 6.45) is 7.47. The average Bonchev–Trinajstić information content (AvgIpc) is 2.48. The van der Waals surface area contributed by atoms with Crippen LogP contribution in [-0.4, -0.2) is 22.0 Å². The van der Waals surface area contributed by atoms with E-state index in [1.807, 2.05) is 19.1 Å². The molecular formula is C16H22N2O3. The zero-order valence-electron chi connectivity index (χ0n) is 12.3. The number of nitrogens with zero attached hydrogens (tertiary/aromatic N) is 1. The van der Waals surface area contributed by atoms with E-state index in [0.717, 1.165) is 24.8 Å². The van der Waals surface area contributed by atoms with Gasteiger partial charge < -0.3 is 10.4 Å². The molecule has 0 aromatic carbocycles. The molecule has 0 bridgehead atoms. The Hall–Kier alpha value is -1.91. The lowest BCUT2D eigenvalue weighted by Gasteiger charge is -2.32. The van der Waals surface area contributed by atoms with Crippen molar-refractivity contribution in [3.8, 4) is 0 Å². The minimum atomic E-state index is -0.878. The third kappa shape index (κ3) is 3.80. The lowest BCUT2D eigenvalue weighted by Crippen LogP contribution is -2.39. The maximum absolute atomic E-state index is 12.2. The molecular weight excluding hydrogens is 268 g/mol. The van der Waals surface area contributed by atoms with Gasteiger partial charge in [0.25, 0.3) is 0 Å². The fraction of sp³-hybridized carbons (Fsp3) is 0.562. The van der Waals surface area contributed by atoms with Crippen molar-refractivity contribution < 1.29 is 14.7 Å². The first-order valence-electron chi connectivity index (χ1n) is 7.46. The molecule has 5 nitrogen and oxygen atoms in total. The van der Waals surface area contributed by atoms with Crippen LogP contribution in [0.25, 0.3) is 0 Å². The normalized spacial score (nSPS) is 18.7. The van der Waals surface area contributed by atoms with Crippen molar-refractivity contribution in [2.75, 3.05) is 0 Å². The highest BCUT2D eigenvalue weighted by Crippen LogP contribution is 2.39. The van der Waals surface area contributed by atoms with E-state index in [1.54, 1.807) is 12.4 Å². The fourth-order valence-corrected chi connectivity index (χ4v) is 3.01. The van der Waals surface area contributed by atoms with Crippen LogP contribution in [0.15, 0.2) is 24.5 Å². The van der Waals surface area contributed by atoms with Gasteiger partial charge in [-0.25, -0.2) is 0 Å². The molecule has 114 valence electrons. The Morgan fingerprint density at radius 3 is 2.67 bits per heavy atom. The van der Waals surface area contributed by atoms with Gasteiger partial charge in [-0.1, -0.05) is 25.3 Å². The van der Waals surface area contributed by atoms with Crippen LogP contribution in [0.1, 0.15) is 57.1 Å². The third-order valence-electron chi connectivity index (χ3n) is 4.33. The Morgan fingerprint density at radius 2 is 2.10 bits per heavy atom. The number of hydrogen-bond acceptors (Lipinski definition) is 3. The minimum Gasteiger partial charge on any atom is -0.481 e. The van der Waals surface area contributed by atoms with Crippen molar-refractivity contribution in [2.24, 2.45) is 5.41 Å². The molecule has 2 rings (SSSR count). The summed E-state index contributed by atoms with van der Waals surface area (Å²) in [6.45, 7) is 1.88. The maximum atomic E-state index is 12.2. The van der Waals surface area contributed by atoms with E-state index in [2.05, 4.69) is 10.3 Å². The number of carboxylic acid groups (broad SMARTS) is 1. The van der Waals surface area contributed by atoms with Gasteiger partial charge in [0.15, 0.2) is 0 Å². The molecule has 0 spiro atoms. The number of rotatable bonds is 5. The first kappa shape index (κ1) is 15.5. The van der Waals surface area contributed by atoms with Gasteiger partial charge in [0.05, 0.1) is 11.5 Å². The van der Waals surface area contributed by atoms with E-state index in [4.69, 9.17) is 0 Å². The molecule has 1 amide bonds. The summed E-state index contributed by atoms with van der Waals surface area (Å²) < 4.78 is 0. The molecule has 0 saturated heterocycles. The lowest BCUT2D eigenvalue weighted by molar-refractivity contribution is -0.154. The van der Waals surface area contributed by atoms with Crippen molar-refractivity contribution in [1.29, 1.82) is 0 Å². The van der Waals surface area contributed by atoms with Crippen LogP contribution >= 0.6 is 0 Å². The number of carbonyl (C=O) groups is 2. The Labute approximate surface area is 124 Å². The highest BCUT2D eigenvalue weighted by Gasteiger charge is 2.41. The molecule has 1 aromatic rings. The number of amides is 1. The summed E-state index contributed by atoms with van der Waals surface area (Å²) in [5.74, 6) is -1.04. The van der Waals surface area contributed by atoms with Gasteiger partial charge in [-0.15, -0.1) is 0 Å². The van der Waals surface area contributed by atoms with E-state index in [0.29, 0.717) is 12.8 Å². The summed E-state index contributed by atoms with van der Waals surface area (Å²) in [7, 11) is 0. The van der Waals surface area contributed by atoms with Gasteiger partial charge in [0.1, 0.15) is 0 Å². The van der Waals surface area contributed by atoms with Gasteiger partial charge in [-0.3, -0.25) is 14.6 Å². The Bertz CT molecular complexity index is 496. The third-order valence-corrected chi connectivity index (χ3v) is 4.33. The molecule has 1 saturated carbocycles. The second-order valence-electron chi connectivity index (χ2n) is 5.90. The molecule has 1 aliphatic rings. The first-order valence-corrected chi connectivity index (χ1v) is 7.46. The predicted molar refractivity (Wildman–Crippen MR) is 78.6 cm³/mol. The van der Waals surface area contributed by atoms with Crippen molar-refractivity contribution in [2.45, 2.75) is 51.5 Å². The van der Waals surface area contributed by atoms with Crippen LogP contribution in [0.2, 0.25) is 0 Å². The molecule has 1 atom stereocenters. The Morgan fingerprint density at radius 1 is 1.38 bits per heavy atom. The lowest BCUT2D eigenvalue weighted by atomic mass is 9.71. The van der Waals surface area contributed by atoms with E-state index < -0.39 is 11.4 Å². The van der Waals surface area contributed by atoms with Gasteiger partial charge >= 0.3 is 5.97 Å². The van der Waals surface area contributed by atoms with Gasteiger partial charge in [-0.05, 0) is 31.4 Å². The summed E-state index contributed by atoms with van der Waals surface area (Å²) in [5, 5.41) is 12.4. The van der Waals surface area contributed by atoms with E-state index >= 15 is 0 Å². The Balaban J connectivity index is 1.98. The van der Waals surface area contributed by atoms with Crippen LogP contribution in [0.3, 0.4) is 0 Å². The number of pyridine rings is 1. The zero-order valence-corrected chi connectivity index (χ0v) is 12.3. The molecule has 1 heterocycles. The Kier molecular flexibility index (Phi) is 4.94. The SMILES string of the molecule is C[C@H](NC(=O)CC1(C(=O)O)CCCCC1)c1cccnc1. The van der Waals surface area contributed by atoms with Crippen LogP contribution in [0, 0.1) is 5.41 Å². The molecule has 5 heteroatoms. The molecule has 21 heavy (non-hydrogen) atoms. The number of carbonyl (C=O) groups excluding carboxylic acids is 1. The molecule has 1 fully saturated rings. The largest absolute Gasteiger partial charge is 0.481 e. The number of aliphatic carboxylic acids is 1. The van der Waals surface area contributed by atoms with E-state index in [1.165, 1.54) is 0 Å². The number of carboxylic acids is 1. The summed E-state index contributed by atoms with van der Waals surface area (Å²) in [4.78, 5) is 27.8. The van der Waals surface area contributed by atoms with Crippen LogP contribution in [0.5, 0.6) is 0 Å². The quantitative estimate of drug-likeness (QED) is 0.873. The number of nitrogens with one attached hydrogen (secondary N) is 1. The molecule has 1 aromatic heterocycles. The average molecular weight is 290 g/mol. The maximum Gasteiger partial charge on any atom is 0.310 e. The fourth-order valence-electron chi connectivity index (χ4n) is 3.01. The highest BCUT2D eigenvalue weighted by atomic mass is 16.4. The highest BCUT2D eigenvalue weighted by molar-refractivity contribution is 5.85. The summed E-state index contributed by atoms with van der Waals surface area (Å²) in [6, 6.07) is 3.55. The topological polar surface area (TPSA) is 79.3 Å². The monoisotopic (exact) mass is 290 g/mol. The van der Waals surface area contributed by atoms with E-state index in [9.17, 15) is 14.7 Å². The molecule has 2 N–H and O–H groups in total. The van der Waals surface area contributed by atoms with Crippen molar-refractivity contribution in [3.63, 3.8) is 0 Å². The number of aromatic nitrogens is 1. The second-order valence-corrected chi connectivity index (χ2v) is 5.90.